The summed E-state index contributed by atoms with van der Waals surface area (Å²) in [6.07, 6.45) is 0. The Morgan fingerprint density at radius 1 is 1.12 bits per heavy atom. The van der Waals surface area contributed by atoms with E-state index in [0.29, 0.717) is 15.6 Å². The molecule has 126 valence electrons. The van der Waals surface area contributed by atoms with Gasteiger partial charge in [-0.2, -0.15) is 0 Å². The van der Waals surface area contributed by atoms with Crippen molar-refractivity contribution in [1.82, 2.24) is 10.3 Å². The standard InChI is InChI=1S/C18H14ClN3O2S/c19-13-8-4-7-12(9-13)18-21-14(10-25-18)17(24)22-15(16(20)23)11-5-2-1-3-6-11/h1-10,15H,(H2,20,23)(H,22,24). The molecule has 1 unspecified atom stereocenters. The molecule has 3 N–H and O–H groups in total. The van der Waals surface area contributed by atoms with Gasteiger partial charge in [-0.1, -0.05) is 54.1 Å². The molecule has 3 aromatic rings. The smallest absolute Gasteiger partial charge is 0.271 e. The van der Waals surface area contributed by atoms with Gasteiger partial charge in [0.05, 0.1) is 0 Å². The number of benzene rings is 2. The van der Waals surface area contributed by atoms with Crippen LogP contribution in [0.2, 0.25) is 5.02 Å². The maximum atomic E-state index is 12.4. The summed E-state index contributed by atoms with van der Waals surface area (Å²) in [6.45, 7) is 0. The van der Waals surface area contributed by atoms with E-state index in [1.165, 1.54) is 11.3 Å². The summed E-state index contributed by atoms with van der Waals surface area (Å²) in [5.41, 5.74) is 7.09. The molecule has 25 heavy (non-hydrogen) atoms. The monoisotopic (exact) mass is 371 g/mol. The fraction of sp³-hybridized carbons (Fsp3) is 0.0556. The molecule has 1 aromatic heterocycles. The first-order chi connectivity index (χ1) is 12.0. The summed E-state index contributed by atoms with van der Waals surface area (Å²) < 4.78 is 0. The molecular weight excluding hydrogens is 358 g/mol. The molecular formula is C18H14ClN3O2S. The van der Waals surface area contributed by atoms with Crippen LogP contribution in [0.4, 0.5) is 0 Å². The van der Waals surface area contributed by atoms with Crippen LogP contribution in [0.1, 0.15) is 22.1 Å². The highest BCUT2D eigenvalue weighted by atomic mass is 35.5. The van der Waals surface area contributed by atoms with Crippen molar-refractivity contribution in [2.75, 3.05) is 0 Å². The minimum atomic E-state index is -0.912. The number of hydrogen-bond donors (Lipinski definition) is 2. The summed E-state index contributed by atoms with van der Waals surface area (Å²) >= 11 is 7.31. The van der Waals surface area contributed by atoms with E-state index >= 15 is 0 Å². The third kappa shape index (κ3) is 4.04. The van der Waals surface area contributed by atoms with E-state index in [1.54, 1.807) is 41.8 Å². The Bertz CT molecular complexity index is 911. The summed E-state index contributed by atoms with van der Waals surface area (Å²) in [5.74, 6) is -1.10. The Labute approximate surface area is 153 Å². The largest absolute Gasteiger partial charge is 0.368 e. The zero-order valence-corrected chi connectivity index (χ0v) is 14.6. The number of nitrogens with one attached hydrogen (secondary N) is 1. The minimum Gasteiger partial charge on any atom is -0.368 e. The van der Waals surface area contributed by atoms with Crippen LogP contribution >= 0.6 is 22.9 Å². The third-order valence-electron chi connectivity index (χ3n) is 3.50. The fourth-order valence-electron chi connectivity index (χ4n) is 2.30. The lowest BCUT2D eigenvalue weighted by molar-refractivity contribution is -0.120. The first kappa shape index (κ1) is 17.1. The van der Waals surface area contributed by atoms with Crippen LogP contribution in [0.25, 0.3) is 10.6 Å². The highest BCUT2D eigenvalue weighted by Gasteiger charge is 2.22. The Kier molecular flexibility index (Phi) is 5.11. The van der Waals surface area contributed by atoms with E-state index in [-0.39, 0.29) is 5.69 Å². The Hall–Kier alpha value is -2.70. The van der Waals surface area contributed by atoms with Gasteiger partial charge in [0.25, 0.3) is 5.91 Å². The van der Waals surface area contributed by atoms with Gasteiger partial charge >= 0.3 is 0 Å². The van der Waals surface area contributed by atoms with Crippen molar-refractivity contribution in [2.24, 2.45) is 5.73 Å². The average Bonchev–Trinajstić information content (AvgIpc) is 3.10. The van der Waals surface area contributed by atoms with Gasteiger partial charge in [0.15, 0.2) is 0 Å². The van der Waals surface area contributed by atoms with Crippen molar-refractivity contribution in [2.45, 2.75) is 6.04 Å². The number of aromatic nitrogens is 1. The second kappa shape index (κ2) is 7.46. The molecule has 2 aromatic carbocycles. The zero-order valence-electron chi connectivity index (χ0n) is 13.0. The number of primary amides is 1. The van der Waals surface area contributed by atoms with Gasteiger partial charge in [-0.05, 0) is 17.7 Å². The van der Waals surface area contributed by atoms with Crippen molar-refractivity contribution >= 4 is 34.8 Å². The normalized spacial score (nSPS) is 11.7. The van der Waals surface area contributed by atoms with E-state index in [0.717, 1.165) is 5.56 Å². The van der Waals surface area contributed by atoms with Crippen LogP contribution in [0.15, 0.2) is 60.0 Å². The van der Waals surface area contributed by atoms with E-state index in [9.17, 15) is 9.59 Å². The molecule has 0 aliphatic heterocycles. The predicted molar refractivity (Wildman–Crippen MR) is 98.4 cm³/mol. The summed E-state index contributed by atoms with van der Waals surface area (Å²) in [4.78, 5) is 28.5. The maximum Gasteiger partial charge on any atom is 0.271 e. The highest BCUT2D eigenvalue weighted by Crippen LogP contribution is 2.26. The van der Waals surface area contributed by atoms with Crippen LogP contribution in [-0.2, 0) is 4.79 Å². The lowest BCUT2D eigenvalue weighted by Crippen LogP contribution is -2.37. The SMILES string of the molecule is NC(=O)C(NC(=O)c1csc(-c2cccc(Cl)c2)n1)c1ccccc1. The number of hydrogen-bond acceptors (Lipinski definition) is 4. The summed E-state index contributed by atoms with van der Waals surface area (Å²) in [5, 5.41) is 5.53. The van der Waals surface area contributed by atoms with Crippen molar-refractivity contribution in [1.29, 1.82) is 0 Å². The molecule has 0 saturated carbocycles. The van der Waals surface area contributed by atoms with Gasteiger partial charge < -0.3 is 11.1 Å². The number of rotatable bonds is 5. The van der Waals surface area contributed by atoms with Gasteiger partial charge in [0.1, 0.15) is 16.7 Å². The second-order valence-electron chi connectivity index (χ2n) is 5.27. The molecule has 7 heteroatoms. The van der Waals surface area contributed by atoms with Crippen molar-refractivity contribution in [3.05, 3.63) is 76.3 Å². The lowest BCUT2D eigenvalue weighted by Gasteiger charge is -2.14. The number of thiazole rings is 1. The molecule has 3 rings (SSSR count). The highest BCUT2D eigenvalue weighted by molar-refractivity contribution is 7.13. The van der Waals surface area contributed by atoms with Crippen LogP contribution in [-0.4, -0.2) is 16.8 Å². The molecule has 0 aliphatic rings. The number of nitrogens with zero attached hydrogens (tertiary/aromatic N) is 1. The number of nitrogens with two attached hydrogens (primary N) is 1. The van der Waals surface area contributed by atoms with E-state index < -0.39 is 17.9 Å². The first-order valence-corrected chi connectivity index (χ1v) is 8.67. The summed E-state index contributed by atoms with van der Waals surface area (Å²) in [7, 11) is 0. The van der Waals surface area contributed by atoms with E-state index in [2.05, 4.69) is 10.3 Å². The lowest BCUT2D eigenvalue weighted by atomic mass is 10.1. The molecule has 0 spiro atoms. The molecule has 2 amide bonds. The predicted octanol–water partition coefficient (Wildman–Crippen LogP) is 3.42. The third-order valence-corrected chi connectivity index (χ3v) is 4.63. The van der Waals surface area contributed by atoms with E-state index in [1.807, 2.05) is 18.2 Å². The van der Waals surface area contributed by atoms with Crippen LogP contribution < -0.4 is 11.1 Å². The fourth-order valence-corrected chi connectivity index (χ4v) is 3.29. The van der Waals surface area contributed by atoms with E-state index in [4.69, 9.17) is 17.3 Å². The molecule has 0 radical (unpaired) electrons. The quantitative estimate of drug-likeness (QED) is 0.720. The van der Waals surface area contributed by atoms with Gasteiger partial charge in [0, 0.05) is 16.0 Å². The van der Waals surface area contributed by atoms with Crippen molar-refractivity contribution < 1.29 is 9.59 Å². The molecule has 0 fully saturated rings. The first-order valence-electron chi connectivity index (χ1n) is 7.41. The molecule has 0 aliphatic carbocycles. The number of carbonyl (C=O) groups is 2. The van der Waals surface area contributed by atoms with Crippen molar-refractivity contribution in [3.8, 4) is 10.6 Å². The topological polar surface area (TPSA) is 85.1 Å². The Morgan fingerprint density at radius 2 is 1.88 bits per heavy atom. The molecule has 5 nitrogen and oxygen atoms in total. The Balaban J connectivity index is 1.80. The molecule has 0 bridgehead atoms. The van der Waals surface area contributed by atoms with Crippen molar-refractivity contribution in [3.63, 3.8) is 0 Å². The van der Waals surface area contributed by atoms with Crippen LogP contribution in [0, 0.1) is 0 Å². The molecule has 1 atom stereocenters. The maximum absolute atomic E-state index is 12.4. The zero-order chi connectivity index (χ0) is 17.8. The van der Waals surface area contributed by atoms with Gasteiger partial charge in [0.2, 0.25) is 5.91 Å². The summed E-state index contributed by atoms with van der Waals surface area (Å²) in [6, 6.07) is 15.1. The van der Waals surface area contributed by atoms with Gasteiger partial charge in [-0.25, -0.2) is 4.98 Å². The second-order valence-corrected chi connectivity index (χ2v) is 6.56. The number of halogens is 1. The van der Waals surface area contributed by atoms with Gasteiger partial charge in [-0.15, -0.1) is 11.3 Å². The Morgan fingerprint density at radius 3 is 2.56 bits per heavy atom. The molecule has 0 saturated heterocycles. The molecule has 1 heterocycles. The van der Waals surface area contributed by atoms with Crippen LogP contribution in [0.3, 0.4) is 0 Å². The van der Waals surface area contributed by atoms with Gasteiger partial charge in [-0.3, -0.25) is 9.59 Å². The van der Waals surface area contributed by atoms with Crippen LogP contribution in [0.5, 0.6) is 0 Å². The number of carbonyl (C=O) groups excluding carboxylic acids is 2. The average molecular weight is 372 g/mol. The minimum absolute atomic E-state index is 0.224. The number of amides is 2.